The van der Waals surface area contributed by atoms with Crippen LogP contribution in [0.2, 0.25) is 0 Å². The van der Waals surface area contributed by atoms with Gasteiger partial charge in [-0.15, -0.1) is 0 Å². The lowest BCUT2D eigenvalue weighted by molar-refractivity contribution is -0.126. The molecule has 17 heavy (non-hydrogen) atoms. The van der Waals surface area contributed by atoms with Crippen molar-refractivity contribution < 1.29 is 9.90 Å². The molecule has 0 bridgehead atoms. The van der Waals surface area contributed by atoms with Gasteiger partial charge in [0.15, 0.2) is 0 Å². The molecule has 3 heteroatoms. The van der Waals surface area contributed by atoms with E-state index >= 15 is 0 Å². The zero-order valence-electron chi connectivity index (χ0n) is 10.9. The Hall–Kier alpha value is -0.410. The lowest BCUT2D eigenvalue weighted by Crippen LogP contribution is -2.42. The fourth-order valence-electron chi connectivity index (χ4n) is 3.28. The molecule has 98 valence electrons. The molecule has 2 fully saturated rings. The summed E-state index contributed by atoms with van der Waals surface area (Å²) >= 11 is 0. The van der Waals surface area contributed by atoms with Crippen LogP contribution in [-0.4, -0.2) is 42.0 Å². The van der Waals surface area contributed by atoms with Crippen molar-refractivity contribution in [2.24, 2.45) is 17.8 Å². The minimum Gasteiger partial charge on any atom is -0.396 e. The number of likely N-dealkylation sites (tertiary alicyclic amines) is 1. The van der Waals surface area contributed by atoms with Gasteiger partial charge in [0.2, 0.25) is 0 Å². The molecular formula is C14H25NO2. The van der Waals surface area contributed by atoms with Gasteiger partial charge in [-0.05, 0) is 44.1 Å². The van der Waals surface area contributed by atoms with Gasteiger partial charge in [0, 0.05) is 32.0 Å². The molecule has 0 aromatic heterocycles. The van der Waals surface area contributed by atoms with Crippen molar-refractivity contribution in [2.45, 2.75) is 39.0 Å². The summed E-state index contributed by atoms with van der Waals surface area (Å²) < 4.78 is 0. The first-order valence-electron chi connectivity index (χ1n) is 7.05. The molecule has 0 aromatic carbocycles. The van der Waals surface area contributed by atoms with E-state index in [1.165, 1.54) is 6.42 Å². The zero-order chi connectivity index (χ0) is 12.3. The Labute approximate surface area is 104 Å². The fourth-order valence-corrected chi connectivity index (χ4v) is 3.28. The van der Waals surface area contributed by atoms with E-state index in [0.717, 1.165) is 45.3 Å². The van der Waals surface area contributed by atoms with Gasteiger partial charge in [0.05, 0.1) is 0 Å². The molecule has 1 aliphatic heterocycles. The van der Waals surface area contributed by atoms with Crippen LogP contribution in [0.1, 0.15) is 39.0 Å². The third kappa shape index (κ3) is 3.52. The predicted molar refractivity (Wildman–Crippen MR) is 67.8 cm³/mol. The minimum absolute atomic E-state index is 0.260. The van der Waals surface area contributed by atoms with Crippen molar-refractivity contribution in [2.75, 3.05) is 26.2 Å². The van der Waals surface area contributed by atoms with Gasteiger partial charge in [-0.2, -0.15) is 0 Å². The van der Waals surface area contributed by atoms with E-state index in [1.807, 2.05) is 0 Å². The third-order valence-corrected chi connectivity index (χ3v) is 4.37. The van der Waals surface area contributed by atoms with Crippen LogP contribution in [0.25, 0.3) is 0 Å². The predicted octanol–water partition coefficient (Wildman–Crippen LogP) is 1.70. The van der Waals surface area contributed by atoms with Crippen LogP contribution < -0.4 is 0 Å². The SMILES string of the molecule is CC1CCC(=O)C(CN2CCCC(CO)C2)C1. The molecule has 3 unspecified atom stereocenters. The van der Waals surface area contributed by atoms with Gasteiger partial charge in [-0.25, -0.2) is 0 Å². The maximum atomic E-state index is 11.9. The van der Waals surface area contributed by atoms with Crippen molar-refractivity contribution in [3.8, 4) is 0 Å². The van der Waals surface area contributed by atoms with Crippen molar-refractivity contribution in [1.82, 2.24) is 4.90 Å². The minimum atomic E-state index is 0.260. The van der Waals surface area contributed by atoms with Crippen molar-refractivity contribution >= 4 is 5.78 Å². The highest BCUT2D eigenvalue weighted by molar-refractivity contribution is 5.81. The van der Waals surface area contributed by atoms with E-state index in [-0.39, 0.29) is 5.92 Å². The third-order valence-electron chi connectivity index (χ3n) is 4.37. The van der Waals surface area contributed by atoms with Crippen LogP contribution in [0.15, 0.2) is 0 Å². The summed E-state index contributed by atoms with van der Waals surface area (Å²) in [6, 6.07) is 0. The van der Waals surface area contributed by atoms with Crippen molar-refractivity contribution in [3.05, 3.63) is 0 Å². The number of rotatable bonds is 3. The maximum Gasteiger partial charge on any atom is 0.137 e. The second-order valence-corrected chi connectivity index (χ2v) is 5.99. The van der Waals surface area contributed by atoms with Gasteiger partial charge in [0.1, 0.15) is 5.78 Å². The average molecular weight is 239 g/mol. The van der Waals surface area contributed by atoms with Crippen molar-refractivity contribution in [1.29, 1.82) is 0 Å². The normalized spacial score (nSPS) is 36.1. The summed E-state index contributed by atoms with van der Waals surface area (Å²) in [6.45, 7) is 5.57. The molecule has 2 aliphatic rings. The van der Waals surface area contributed by atoms with Crippen LogP contribution in [0.5, 0.6) is 0 Å². The first-order chi connectivity index (χ1) is 8.19. The fraction of sp³-hybridized carbons (Fsp3) is 0.929. The van der Waals surface area contributed by atoms with Gasteiger partial charge < -0.3 is 10.0 Å². The Kier molecular flexibility index (Phi) is 4.57. The van der Waals surface area contributed by atoms with Crippen LogP contribution in [0, 0.1) is 17.8 Å². The quantitative estimate of drug-likeness (QED) is 0.815. The maximum absolute atomic E-state index is 11.9. The molecule has 2 rings (SSSR count). The van der Waals surface area contributed by atoms with Crippen LogP contribution in [0.4, 0.5) is 0 Å². The van der Waals surface area contributed by atoms with E-state index < -0.39 is 0 Å². The molecule has 0 amide bonds. The Morgan fingerprint density at radius 2 is 2.24 bits per heavy atom. The van der Waals surface area contributed by atoms with Crippen LogP contribution in [-0.2, 0) is 4.79 Å². The van der Waals surface area contributed by atoms with Crippen LogP contribution in [0.3, 0.4) is 0 Å². The molecule has 3 atom stereocenters. The second kappa shape index (κ2) is 5.96. The van der Waals surface area contributed by atoms with E-state index in [0.29, 0.717) is 24.2 Å². The molecule has 1 saturated heterocycles. The lowest BCUT2D eigenvalue weighted by atomic mass is 9.81. The van der Waals surface area contributed by atoms with Crippen LogP contribution >= 0.6 is 0 Å². The average Bonchev–Trinajstić information content (AvgIpc) is 2.34. The summed E-state index contributed by atoms with van der Waals surface area (Å²) in [5.74, 6) is 1.86. The van der Waals surface area contributed by atoms with Gasteiger partial charge in [0.25, 0.3) is 0 Å². The summed E-state index contributed by atoms with van der Waals surface area (Å²) in [4.78, 5) is 14.3. The molecule has 3 nitrogen and oxygen atoms in total. The Balaban J connectivity index is 1.84. The smallest absolute Gasteiger partial charge is 0.137 e. The van der Waals surface area contributed by atoms with E-state index in [1.54, 1.807) is 0 Å². The number of nitrogens with zero attached hydrogens (tertiary/aromatic N) is 1. The number of piperidine rings is 1. The Morgan fingerprint density at radius 1 is 1.41 bits per heavy atom. The Morgan fingerprint density at radius 3 is 3.00 bits per heavy atom. The summed E-state index contributed by atoms with van der Waals surface area (Å²) in [5.41, 5.74) is 0. The largest absolute Gasteiger partial charge is 0.396 e. The van der Waals surface area contributed by atoms with E-state index in [2.05, 4.69) is 11.8 Å². The van der Waals surface area contributed by atoms with Gasteiger partial charge in [-0.1, -0.05) is 6.92 Å². The number of aliphatic hydroxyl groups excluding tert-OH is 1. The molecule has 0 spiro atoms. The summed E-state index contributed by atoms with van der Waals surface area (Å²) in [6.07, 6.45) is 5.24. The Bertz CT molecular complexity index is 267. The molecule has 1 aliphatic carbocycles. The van der Waals surface area contributed by atoms with E-state index in [4.69, 9.17) is 0 Å². The second-order valence-electron chi connectivity index (χ2n) is 5.99. The molecule has 0 aromatic rings. The first-order valence-corrected chi connectivity index (χ1v) is 7.05. The number of hydrogen-bond acceptors (Lipinski definition) is 3. The number of Topliss-reactive ketones (excluding diaryl/α,β-unsaturated/α-hetero) is 1. The number of ketones is 1. The number of aliphatic hydroxyl groups is 1. The molecule has 1 heterocycles. The number of carbonyl (C=O) groups excluding carboxylic acids is 1. The summed E-state index contributed by atoms with van der Waals surface area (Å²) in [5, 5.41) is 9.22. The van der Waals surface area contributed by atoms with E-state index in [9.17, 15) is 9.90 Å². The highest BCUT2D eigenvalue weighted by atomic mass is 16.3. The lowest BCUT2D eigenvalue weighted by Gasteiger charge is -2.35. The standard InChI is InChI=1S/C14H25NO2/c1-11-4-5-14(17)13(7-11)9-15-6-2-3-12(8-15)10-16/h11-13,16H,2-10H2,1H3. The van der Waals surface area contributed by atoms with Gasteiger partial charge >= 0.3 is 0 Å². The van der Waals surface area contributed by atoms with Gasteiger partial charge in [-0.3, -0.25) is 4.79 Å². The van der Waals surface area contributed by atoms with Crippen molar-refractivity contribution in [3.63, 3.8) is 0 Å². The topological polar surface area (TPSA) is 40.5 Å². The zero-order valence-corrected chi connectivity index (χ0v) is 10.9. The number of hydrogen-bond donors (Lipinski definition) is 1. The molecular weight excluding hydrogens is 214 g/mol. The molecule has 1 N–H and O–H groups in total. The highest BCUT2D eigenvalue weighted by Gasteiger charge is 2.29. The molecule has 1 saturated carbocycles. The molecule has 0 radical (unpaired) electrons. The summed E-state index contributed by atoms with van der Waals surface area (Å²) in [7, 11) is 0. The highest BCUT2D eigenvalue weighted by Crippen LogP contribution is 2.27. The first kappa shape index (κ1) is 13.0. The number of carbonyl (C=O) groups is 1. The monoisotopic (exact) mass is 239 g/mol.